The van der Waals surface area contributed by atoms with Crippen LogP contribution in [0.15, 0.2) is 24.3 Å². The normalized spacial score (nSPS) is 24.3. The molecule has 1 unspecified atom stereocenters. The summed E-state index contributed by atoms with van der Waals surface area (Å²) in [6, 6.07) is 9.94. The molecule has 1 heterocycles. The first kappa shape index (κ1) is 12.0. The van der Waals surface area contributed by atoms with Crippen LogP contribution < -0.4 is 10.2 Å². The maximum absolute atomic E-state index is 3.67. The number of rotatable bonds is 4. The molecule has 1 aliphatic heterocycles. The summed E-state index contributed by atoms with van der Waals surface area (Å²) >= 11 is 0. The second kappa shape index (κ2) is 5.31. The van der Waals surface area contributed by atoms with E-state index in [1.165, 1.54) is 43.5 Å². The quantitative estimate of drug-likeness (QED) is 0.876. The molecule has 2 aliphatic rings. The summed E-state index contributed by atoms with van der Waals surface area (Å²) in [7, 11) is 0. The number of aryl methyl sites for hydroxylation is 1. The van der Waals surface area contributed by atoms with E-state index in [2.05, 4.69) is 41.4 Å². The molecule has 0 radical (unpaired) electrons. The minimum Gasteiger partial charge on any atom is -0.369 e. The summed E-state index contributed by atoms with van der Waals surface area (Å²) in [4.78, 5) is 2.55. The second-order valence-corrected chi connectivity index (χ2v) is 5.76. The van der Waals surface area contributed by atoms with Gasteiger partial charge in [-0.05, 0) is 42.9 Å². The van der Waals surface area contributed by atoms with Crippen LogP contribution in [0.4, 0.5) is 5.69 Å². The Morgan fingerprint density at radius 2 is 2.00 bits per heavy atom. The van der Waals surface area contributed by atoms with Crippen molar-refractivity contribution in [2.75, 3.05) is 24.5 Å². The van der Waals surface area contributed by atoms with Gasteiger partial charge in [0.05, 0.1) is 0 Å². The molecule has 1 atom stereocenters. The Balaban J connectivity index is 1.65. The van der Waals surface area contributed by atoms with Gasteiger partial charge in [0.25, 0.3) is 0 Å². The molecule has 1 saturated heterocycles. The molecule has 2 fully saturated rings. The summed E-state index contributed by atoms with van der Waals surface area (Å²) in [5.74, 6) is 0.951. The van der Waals surface area contributed by atoms with E-state index >= 15 is 0 Å². The lowest BCUT2D eigenvalue weighted by molar-refractivity contribution is 0.419. The van der Waals surface area contributed by atoms with Crippen molar-refractivity contribution in [3.8, 4) is 0 Å². The van der Waals surface area contributed by atoms with Crippen LogP contribution in [0.25, 0.3) is 0 Å². The Hall–Kier alpha value is -1.02. The zero-order valence-corrected chi connectivity index (χ0v) is 11.4. The van der Waals surface area contributed by atoms with Gasteiger partial charge in [0, 0.05) is 31.4 Å². The monoisotopic (exact) mass is 244 g/mol. The number of hydrogen-bond acceptors (Lipinski definition) is 2. The van der Waals surface area contributed by atoms with Gasteiger partial charge in [-0.2, -0.15) is 0 Å². The Labute approximate surface area is 110 Å². The van der Waals surface area contributed by atoms with Crippen molar-refractivity contribution >= 4 is 5.69 Å². The van der Waals surface area contributed by atoms with E-state index < -0.39 is 0 Å². The first-order valence-electron chi connectivity index (χ1n) is 7.44. The molecule has 0 amide bonds. The molecule has 1 aliphatic carbocycles. The molecule has 1 saturated carbocycles. The highest BCUT2D eigenvalue weighted by atomic mass is 15.2. The standard InChI is InChI=1S/C16H24N2/c1-2-3-13-4-8-15(9-5-13)18-11-10-17-16(12-18)14-6-7-14/h4-5,8-9,14,16-17H,2-3,6-7,10-12H2,1H3. The average Bonchev–Trinajstić information content (AvgIpc) is 3.25. The van der Waals surface area contributed by atoms with E-state index in [0.717, 1.165) is 25.0 Å². The van der Waals surface area contributed by atoms with E-state index in [-0.39, 0.29) is 0 Å². The van der Waals surface area contributed by atoms with Gasteiger partial charge in [0.2, 0.25) is 0 Å². The van der Waals surface area contributed by atoms with Crippen molar-refractivity contribution in [3.63, 3.8) is 0 Å². The minimum absolute atomic E-state index is 0.731. The molecular formula is C16H24N2. The number of nitrogens with zero attached hydrogens (tertiary/aromatic N) is 1. The molecule has 0 aromatic heterocycles. The third kappa shape index (κ3) is 2.69. The average molecular weight is 244 g/mol. The predicted octanol–water partition coefficient (Wildman–Crippen LogP) is 2.83. The zero-order valence-electron chi connectivity index (χ0n) is 11.4. The van der Waals surface area contributed by atoms with Crippen LogP contribution in [-0.4, -0.2) is 25.7 Å². The summed E-state index contributed by atoms with van der Waals surface area (Å²) in [6.07, 6.45) is 5.30. The van der Waals surface area contributed by atoms with Crippen LogP contribution in [-0.2, 0) is 6.42 Å². The lowest BCUT2D eigenvalue weighted by atomic mass is 10.1. The van der Waals surface area contributed by atoms with E-state index in [1.54, 1.807) is 0 Å². The van der Waals surface area contributed by atoms with Gasteiger partial charge in [-0.25, -0.2) is 0 Å². The molecule has 18 heavy (non-hydrogen) atoms. The van der Waals surface area contributed by atoms with Crippen LogP contribution in [0, 0.1) is 5.92 Å². The molecule has 1 aromatic rings. The highest BCUT2D eigenvalue weighted by Gasteiger charge is 2.33. The van der Waals surface area contributed by atoms with Gasteiger partial charge >= 0.3 is 0 Å². The number of benzene rings is 1. The summed E-state index contributed by atoms with van der Waals surface area (Å²) < 4.78 is 0. The number of nitrogens with one attached hydrogen (secondary N) is 1. The van der Waals surface area contributed by atoms with E-state index in [9.17, 15) is 0 Å². The fourth-order valence-electron chi connectivity index (χ4n) is 2.99. The topological polar surface area (TPSA) is 15.3 Å². The molecule has 98 valence electrons. The van der Waals surface area contributed by atoms with E-state index in [0.29, 0.717) is 0 Å². The van der Waals surface area contributed by atoms with Crippen LogP contribution >= 0.6 is 0 Å². The Kier molecular flexibility index (Phi) is 3.55. The first-order chi connectivity index (χ1) is 8.86. The van der Waals surface area contributed by atoms with Gasteiger partial charge in [0.15, 0.2) is 0 Å². The van der Waals surface area contributed by atoms with Crippen molar-refractivity contribution in [3.05, 3.63) is 29.8 Å². The van der Waals surface area contributed by atoms with Gasteiger partial charge < -0.3 is 10.2 Å². The summed E-state index contributed by atoms with van der Waals surface area (Å²) in [5, 5.41) is 3.67. The molecule has 1 N–H and O–H groups in total. The number of hydrogen-bond donors (Lipinski definition) is 1. The molecule has 2 heteroatoms. The zero-order chi connectivity index (χ0) is 12.4. The number of piperazine rings is 1. The van der Waals surface area contributed by atoms with E-state index in [1.807, 2.05) is 0 Å². The third-order valence-electron chi connectivity index (χ3n) is 4.24. The van der Waals surface area contributed by atoms with Crippen molar-refractivity contribution in [2.45, 2.75) is 38.6 Å². The van der Waals surface area contributed by atoms with Crippen LogP contribution in [0.2, 0.25) is 0 Å². The van der Waals surface area contributed by atoms with Crippen molar-refractivity contribution in [1.82, 2.24) is 5.32 Å². The third-order valence-corrected chi connectivity index (χ3v) is 4.24. The van der Waals surface area contributed by atoms with E-state index in [4.69, 9.17) is 0 Å². The highest BCUT2D eigenvalue weighted by molar-refractivity contribution is 5.48. The van der Waals surface area contributed by atoms with Crippen molar-refractivity contribution in [1.29, 1.82) is 0 Å². The van der Waals surface area contributed by atoms with Gasteiger partial charge in [-0.3, -0.25) is 0 Å². The van der Waals surface area contributed by atoms with Gasteiger partial charge in [-0.1, -0.05) is 25.5 Å². The molecule has 1 aromatic carbocycles. The molecule has 0 bridgehead atoms. The second-order valence-electron chi connectivity index (χ2n) is 5.76. The Bertz CT molecular complexity index is 381. The smallest absolute Gasteiger partial charge is 0.0367 e. The molecule has 3 rings (SSSR count). The summed E-state index contributed by atoms with van der Waals surface area (Å²) in [6.45, 7) is 5.72. The minimum atomic E-state index is 0.731. The van der Waals surface area contributed by atoms with Crippen LogP contribution in [0.5, 0.6) is 0 Å². The molecule has 0 spiro atoms. The predicted molar refractivity (Wildman–Crippen MR) is 77.2 cm³/mol. The maximum Gasteiger partial charge on any atom is 0.0367 e. The largest absolute Gasteiger partial charge is 0.369 e. The maximum atomic E-state index is 3.67. The first-order valence-corrected chi connectivity index (χ1v) is 7.44. The Morgan fingerprint density at radius 3 is 2.67 bits per heavy atom. The van der Waals surface area contributed by atoms with Crippen LogP contribution in [0.1, 0.15) is 31.7 Å². The molecular weight excluding hydrogens is 220 g/mol. The van der Waals surface area contributed by atoms with Crippen LogP contribution in [0.3, 0.4) is 0 Å². The SMILES string of the molecule is CCCc1ccc(N2CCNC(C3CC3)C2)cc1. The highest BCUT2D eigenvalue weighted by Crippen LogP contribution is 2.34. The number of anilines is 1. The van der Waals surface area contributed by atoms with Gasteiger partial charge in [0.1, 0.15) is 0 Å². The van der Waals surface area contributed by atoms with Crippen molar-refractivity contribution < 1.29 is 0 Å². The fraction of sp³-hybridized carbons (Fsp3) is 0.625. The fourth-order valence-corrected chi connectivity index (χ4v) is 2.99. The lowest BCUT2D eigenvalue weighted by Gasteiger charge is -2.35. The Morgan fingerprint density at radius 1 is 1.22 bits per heavy atom. The van der Waals surface area contributed by atoms with Crippen molar-refractivity contribution in [2.24, 2.45) is 5.92 Å². The summed E-state index contributed by atoms with van der Waals surface area (Å²) in [5.41, 5.74) is 2.87. The van der Waals surface area contributed by atoms with Gasteiger partial charge in [-0.15, -0.1) is 0 Å². The lowest BCUT2D eigenvalue weighted by Crippen LogP contribution is -2.51. The molecule has 2 nitrogen and oxygen atoms in total.